The highest BCUT2D eigenvalue weighted by molar-refractivity contribution is 7.82. The maximum Gasteiger partial charge on any atom is 0.334 e. The van der Waals surface area contributed by atoms with Crippen LogP contribution in [0.15, 0.2) is 65.7 Å². The van der Waals surface area contributed by atoms with Gasteiger partial charge < -0.3 is 10.1 Å². The molecule has 2 aromatic carbocycles. The van der Waals surface area contributed by atoms with Crippen LogP contribution in [0.2, 0.25) is 5.02 Å². The molecule has 194 valence electrons. The zero-order valence-electron chi connectivity index (χ0n) is 20.5. The van der Waals surface area contributed by atoms with Crippen molar-refractivity contribution in [3.63, 3.8) is 0 Å². The Hall–Kier alpha value is -3.47. The molecule has 0 saturated carbocycles. The number of carbonyl (C=O) groups is 2. The molecule has 0 bridgehead atoms. The standard InChI is InChI=1S/C26H28ClN5O4S/c1-3-36-23(33)16-32(2)37(35)19-14-22(27)25(28-15-19)30-31-26(34)29-24-20-10-6-4-8-17(20)12-13-18-9-5-7-11-21(18)24/h4-11,14-15,24H,3,12-13,16H2,1-2H3,(H,28,30)(H2,29,31,34). The molecule has 4 rings (SSSR count). The SMILES string of the molecule is CCOC(=O)CN(C)S(=O)c1cnc(NNC(=O)NC2c3ccccc3CCc3ccccc32)c(Cl)c1. The molecule has 1 atom stereocenters. The van der Waals surface area contributed by atoms with E-state index in [0.29, 0.717) is 4.90 Å². The number of benzene rings is 2. The number of aryl methyl sites for hydroxylation is 2. The summed E-state index contributed by atoms with van der Waals surface area (Å²) in [7, 11) is -0.144. The van der Waals surface area contributed by atoms with Gasteiger partial charge in [-0.3, -0.25) is 15.6 Å². The quantitative estimate of drug-likeness (QED) is 0.296. The van der Waals surface area contributed by atoms with Crippen molar-refractivity contribution in [2.75, 3.05) is 25.6 Å². The first kappa shape index (κ1) is 26.6. The third kappa shape index (κ3) is 6.46. The molecule has 3 N–H and O–H groups in total. The number of hydrogen-bond acceptors (Lipinski definition) is 6. The lowest BCUT2D eigenvalue weighted by atomic mass is 9.95. The lowest BCUT2D eigenvalue weighted by Crippen LogP contribution is -2.41. The third-order valence-electron chi connectivity index (χ3n) is 5.92. The van der Waals surface area contributed by atoms with Crippen LogP contribution in [0.3, 0.4) is 0 Å². The van der Waals surface area contributed by atoms with Crippen LogP contribution in [-0.4, -0.2) is 45.7 Å². The minimum atomic E-state index is -1.67. The molecule has 9 nitrogen and oxygen atoms in total. The van der Waals surface area contributed by atoms with Gasteiger partial charge in [0.25, 0.3) is 0 Å². The normalized spacial score (nSPS) is 13.6. The van der Waals surface area contributed by atoms with Gasteiger partial charge in [-0.1, -0.05) is 60.1 Å². The second-order valence-corrected chi connectivity index (χ2v) is 10.4. The topological polar surface area (TPSA) is 113 Å². The van der Waals surface area contributed by atoms with Crippen molar-refractivity contribution in [3.05, 3.63) is 88.1 Å². The largest absolute Gasteiger partial charge is 0.465 e. The number of nitrogens with zero attached hydrogens (tertiary/aromatic N) is 2. The summed E-state index contributed by atoms with van der Waals surface area (Å²) < 4.78 is 18.9. The summed E-state index contributed by atoms with van der Waals surface area (Å²) in [6.45, 7) is 1.80. The van der Waals surface area contributed by atoms with Gasteiger partial charge in [-0.2, -0.15) is 0 Å². The van der Waals surface area contributed by atoms with Gasteiger partial charge in [-0.15, -0.1) is 0 Å². The highest BCUT2D eigenvalue weighted by atomic mass is 35.5. The number of aromatic nitrogens is 1. The van der Waals surface area contributed by atoms with Crippen LogP contribution in [-0.2, 0) is 33.4 Å². The van der Waals surface area contributed by atoms with Crippen molar-refractivity contribution in [3.8, 4) is 0 Å². The molecule has 3 aromatic rings. The summed E-state index contributed by atoms with van der Waals surface area (Å²) >= 11 is 6.32. The Labute approximate surface area is 223 Å². The number of hydrogen-bond donors (Lipinski definition) is 3. The van der Waals surface area contributed by atoms with Crippen molar-refractivity contribution in [2.24, 2.45) is 0 Å². The second-order valence-electron chi connectivity index (χ2n) is 8.40. The van der Waals surface area contributed by atoms with Gasteiger partial charge in [0.15, 0.2) is 5.82 Å². The minimum Gasteiger partial charge on any atom is -0.465 e. The van der Waals surface area contributed by atoms with E-state index in [1.807, 2.05) is 36.4 Å². The number of urea groups is 1. The number of hydrazine groups is 1. The number of halogens is 1. The van der Waals surface area contributed by atoms with E-state index >= 15 is 0 Å². The maximum absolute atomic E-state index is 12.9. The van der Waals surface area contributed by atoms with Crippen LogP contribution in [0.5, 0.6) is 0 Å². The first-order valence-corrected chi connectivity index (χ1v) is 13.3. The minimum absolute atomic E-state index is 0.146. The van der Waals surface area contributed by atoms with Crippen LogP contribution in [0, 0.1) is 0 Å². The van der Waals surface area contributed by atoms with Gasteiger partial charge in [-0.25, -0.2) is 18.3 Å². The van der Waals surface area contributed by atoms with Crippen LogP contribution in [0.25, 0.3) is 0 Å². The summed E-state index contributed by atoms with van der Waals surface area (Å²) in [5.74, 6) is -0.294. The number of anilines is 1. The average Bonchev–Trinajstić information content (AvgIpc) is 3.05. The first-order chi connectivity index (χ1) is 17.9. The summed E-state index contributed by atoms with van der Waals surface area (Å²) in [6, 6.07) is 16.9. The number of nitrogens with one attached hydrogen (secondary N) is 3. The van der Waals surface area contributed by atoms with Gasteiger partial charge in [0.05, 0.1) is 22.6 Å². The van der Waals surface area contributed by atoms with E-state index in [1.165, 1.54) is 34.7 Å². The number of ether oxygens (including phenoxy) is 1. The van der Waals surface area contributed by atoms with E-state index < -0.39 is 23.0 Å². The zero-order chi connectivity index (χ0) is 26.4. The Morgan fingerprint density at radius 1 is 1.11 bits per heavy atom. The second kappa shape index (κ2) is 12.2. The van der Waals surface area contributed by atoms with Crippen LogP contribution < -0.4 is 16.2 Å². The van der Waals surface area contributed by atoms with Crippen molar-refractivity contribution in [2.45, 2.75) is 30.7 Å². The lowest BCUT2D eigenvalue weighted by Gasteiger charge is -2.22. The molecule has 0 fully saturated rings. The van der Waals surface area contributed by atoms with Gasteiger partial charge in [0.1, 0.15) is 17.5 Å². The Morgan fingerprint density at radius 3 is 2.32 bits per heavy atom. The van der Waals surface area contributed by atoms with Crippen molar-refractivity contribution in [1.82, 2.24) is 20.0 Å². The number of pyridine rings is 1. The Balaban J connectivity index is 1.42. The summed E-state index contributed by atoms with van der Waals surface area (Å²) in [6.07, 6.45) is 3.16. The number of carbonyl (C=O) groups excluding carboxylic acids is 2. The molecule has 0 radical (unpaired) electrons. The molecular weight excluding hydrogens is 514 g/mol. The molecule has 1 heterocycles. The van der Waals surface area contributed by atoms with Crippen LogP contribution >= 0.6 is 11.6 Å². The van der Waals surface area contributed by atoms with E-state index in [0.717, 1.165) is 24.0 Å². The summed E-state index contributed by atoms with van der Waals surface area (Å²) in [4.78, 5) is 29.0. The maximum atomic E-state index is 12.9. The smallest absolute Gasteiger partial charge is 0.334 e. The van der Waals surface area contributed by atoms with Crippen molar-refractivity contribution in [1.29, 1.82) is 0 Å². The molecule has 11 heteroatoms. The van der Waals surface area contributed by atoms with Gasteiger partial charge in [0.2, 0.25) is 0 Å². The summed E-state index contributed by atoms with van der Waals surface area (Å²) in [5, 5.41) is 3.21. The van der Waals surface area contributed by atoms with Crippen LogP contribution in [0.1, 0.15) is 35.2 Å². The fourth-order valence-corrected chi connectivity index (χ4v) is 5.42. The molecule has 0 aliphatic heterocycles. The molecular formula is C26H28ClN5O4S. The van der Waals surface area contributed by atoms with Crippen LogP contribution in [0.4, 0.5) is 10.6 Å². The Bertz CT molecular complexity index is 1270. The molecule has 1 aliphatic rings. The Morgan fingerprint density at radius 2 is 1.73 bits per heavy atom. The van der Waals surface area contributed by atoms with Crippen molar-refractivity contribution < 1.29 is 18.5 Å². The molecule has 1 aliphatic carbocycles. The molecule has 0 saturated heterocycles. The highest BCUT2D eigenvalue weighted by Crippen LogP contribution is 2.32. The van der Waals surface area contributed by atoms with E-state index in [-0.39, 0.29) is 30.0 Å². The van der Waals surface area contributed by atoms with E-state index in [2.05, 4.69) is 33.3 Å². The average molecular weight is 542 g/mol. The number of esters is 1. The first-order valence-electron chi connectivity index (χ1n) is 11.8. The molecule has 37 heavy (non-hydrogen) atoms. The predicted molar refractivity (Wildman–Crippen MR) is 142 cm³/mol. The molecule has 2 amide bonds. The van der Waals surface area contributed by atoms with E-state index in [4.69, 9.17) is 16.3 Å². The van der Waals surface area contributed by atoms with Gasteiger partial charge >= 0.3 is 12.0 Å². The number of likely N-dealkylation sites (N-methyl/N-ethyl adjacent to an activating group) is 1. The zero-order valence-corrected chi connectivity index (χ0v) is 22.1. The van der Waals surface area contributed by atoms with Gasteiger partial charge in [0, 0.05) is 13.2 Å². The lowest BCUT2D eigenvalue weighted by molar-refractivity contribution is -0.143. The number of amides is 2. The highest BCUT2D eigenvalue weighted by Gasteiger charge is 2.25. The summed E-state index contributed by atoms with van der Waals surface area (Å²) in [5.41, 5.74) is 9.80. The fraction of sp³-hybridized carbons (Fsp3) is 0.269. The predicted octanol–water partition coefficient (Wildman–Crippen LogP) is 3.77. The number of rotatable bonds is 8. The molecule has 1 unspecified atom stereocenters. The molecule has 1 aromatic heterocycles. The van der Waals surface area contributed by atoms with E-state index in [9.17, 15) is 13.8 Å². The Kier molecular flexibility index (Phi) is 8.75. The fourth-order valence-electron chi connectivity index (χ4n) is 4.20. The van der Waals surface area contributed by atoms with Crippen molar-refractivity contribution >= 4 is 40.4 Å². The third-order valence-corrected chi connectivity index (χ3v) is 7.53. The molecule has 0 spiro atoms. The monoisotopic (exact) mass is 541 g/mol. The van der Waals surface area contributed by atoms with Gasteiger partial charge in [-0.05, 0) is 48.1 Å². The number of fused-ring (bicyclic) bond motifs is 2. The van der Waals surface area contributed by atoms with E-state index in [1.54, 1.807) is 6.92 Å².